The van der Waals surface area contributed by atoms with Crippen molar-refractivity contribution in [2.24, 2.45) is 5.41 Å². The van der Waals surface area contributed by atoms with Crippen LogP contribution in [-0.4, -0.2) is 23.1 Å². The Morgan fingerprint density at radius 3 is 2.22 bits per heavy atom. The van der Waals surface area contributed by atoms with E-state index in [9.17, 15) is 9.59 Å². The van der Waals surface area contributed by atoms with Crippen LogP contribution in [0.1, 0.15) is 52.4 Å². The summed E-state index contributed by atoms with van der Waals surface area (Å²) < 4.78 is 5.23. The second-order valence-electron chi connectivity index (χ2n) is 5.01. The van der Waals surface area contributed by atoms with Crippen LogP contribution in [-0.2, 0) is 14.3 Å². The van der Waals surface area contributed by atoms with Gasteiger partial charge in [-0.2, -0.15) is 0 Å². The molecule has 1 aliphatic rings. The number of hydrogen-bond acceptors (Lipinski definition) is 3. The fourth-order valence-electron chi connectivity index (χ4n) is 2.62. The van der Waals surface area contributed by atoms with Gasteiger partial charge in [0.1, 0.15) is 6.10 Å². The molecule has 0 atom stereocenters. The Hall–Kier alpha value is -1.32. The van der Waals surface area contributed by atoms with Crippen LogP contribution in [0.5, 0.6) is 0 Å². The van der Waals surface area contributed by atoms with E-state index < -0.39 is 11.9 Å². The SMILES string of the molecule is CCC1(CC)CCC(OC(=O)/C=C\C(=O)O)CC1. The first-order valence-electron chi connectivity index (χ1n) is 6.63. The third kappa shape index (κ3) is 4.17. The van der Waals surface area contributed by atoms with Gasteiger partial charge < -0.3 is 9.84 Å². The molecule has 1 N–H and O–H groups in total. The molecule has 4 heteroatoms. The Labute approximate surface area is 108 Å². The highest BCUT2D eigenvalue weighted by atomic mass is 16.5. The topological polar surface area (TPSA) is 63.6 Å². The van der Waals surface area contributed by atoms with Crippen molar-refractivity contribution in [2.75, 3.05) is 0 Å². The number of carbonyl (C=O) groups is 2. The molecule has 4 nitrogen and oxygen atoms in total. The maximum absolute atomic E-state index is 11.3. The van der Waals surface area contributed by atoms with E-state index in [0.717, 1.165) is 37.8 Å². The third-order valence-corrected chi connectivity index (χ3v) is 4.14. The van der Waals surface area contributed by atoms with Gasteiger partial charge in [0.05, 0.1) is 0 Å². The zero-order valence-corrected chi connectivity index (χ0v) is 11.1. The Morgan fingerprint density at radius 1 is 1.22 bits per heavy atom. The number of carboxylic acids is 1. The largest absolute Gasteiger partial charge is 0.478 e. The highest BCUT2D eigenvalue weighted by Gasteiger charge is 2.33. The van der Waals surface area contributed by atoms with Gasteiger partial charge in [-0.15, -0.1) is 0 Å². The first kappa shape index (κ1) is 14.7. The standard InChI is InChI=1S/C14H22O4/c1-3-14(4-2)9-7-11(8-10-14)18-13(17)6-5-12(15)16/h5-6,11H,3-4,7-10H2,1-2H3,(H,15,16)/b6-5-. The predicted molar refractivity (Wildman–Crippen MR) is 68.1 cm³/mol. The lowest BCUT2D eigenvalue weighted by molar-refractivity contribution is -0.146. The smallest absolute Gasteiger partial charge is 0.331 e. The zero-order valence-electron chi connectivity index (χ0n) is 11.1. The lowest BCUT2D eigenvalue weighted by Crippen LogP contribution is -2.31. The summed E-state index contributed by atoms with van der Waals surface area (Å²) in [6.07, 6.45) is 8.01. The molecule has 0 aliphatic heterocycles. The Balaban J connectivity index is 2.40. The number of ether oxygens (including phenoxy) is 1. The van der Waals surface area contributed by atoms with Gasteiger partial charge in [0.15, 0.2) is 0 Å². The lowest BCUT2D eigenvalue weighted by Gasteiger charge is -2.38. The predicted octanol–water partition coefficient (Wildman–Crippen LogP) is 2.92. The maximum atomic E-state index is 11.3. The van der Waals surface area contributed by atoms with E-state index in [0.29, 0.717) is 5.41 Å². The van der Waals surface area contributed by atoms with Crippen LogP contribution in [0.4, 0.5) is 0 Å². The van der Waals surface area contributed by atoms with Gasteiger partial charge >= 0.3 is 11.9 Å². The van der Waals surface area contributed by atoms with Crippen LogP contribution in [0.15, 0.2) is 12.2 Å². The molecule has 0 saturated heterocycles. The molecule has 0 aromatic carbocycles. The van der Waals surface area contributed by atoms with E-state index in [4.69, 9.17) is 9.84 Å². The van der Waals surface area contributed by atoms with Crippen molar-refractivity contribution in [2.45, 2.75) is 58.5 Å². The molecule has 0 heterocycles. The van der Waals surface area contributed by atoms with E-state index in [1.54, 1.807) is 0 Å². The minimum atomic E-state index is -1.13. The summed E-state index contributed by atoms with van der Waals surface area (Å²) in [5.41, 5.74) is 0.416. The Morgan fingerprint density at radius 2 is 1.78 bits per heavy atom. The molecule has 102 valence electrons. The van der Waals surface area contributed by atoms with Gasteiger partial charge in [0, 0.05) is 12.2 Å². The van der Waals surface area contributed by atoms with Crippen LogP contribution in [0.25, 0.3) is 0 Å². The lowest BCUT2D eigenvalue weighted by atomic mass is 9.70. The molecule has 0 unspecified atom stereocenters. The minimum absolute atomic E-state index is 0.0535. The van der Waals surface area contributed by atoms with Crippen LogP contribution in [0, 0.1) is 5.41 Å². The van der Waals surface area contributed by atoms with Crippen LogP contribution >= 0.6 is 0 Å². The fraction of sp³-hybridized carbons (Fsp3) is 0.714. The molecular weight excluding hydrogens is 232 g/mol. The second kappa shape index (κ2) is 6.57. The van der Waals surface area contributed by atoms with Crippen LogP contribution in [0.2, 0.25) is 0 Å². The summed E-state index contributed by atoms with van der Waals surface area (Å²) in [4.78, 5) is 21.6. The summed E-state index contributed by atoms with van der Waals surface area (Å²) in [6, 6.07) is 0. The van der Waals surface area contributed by atoms with E-state index in [-0.39, 0.29) is 6.10 Å². The summed E-state index contributed by atoms with van der Waals surface area (Å²) in [5, 5.41) is 8.41. The Bertz CT molecular complexity index is 319. The molecule has 1 saturated carbocycles. The highest BCUT2D eigenvalue weighted by Crippen LogP contribution is 2.42. The first-order chi connectivity index (χ1) is 8.51. The minimum Gasteiger partial charge on any atom is -0.478 e. The molecule has 0 spiro atoms. The first-order valence-corrected chi connectivity index (χ1v) is 6.63. The fourth-order valence-corrected chi connectivity index (χ4v) is 2.62. The van der Waals surface area contributed by atoms with E-state index in [1.807, 2.05) is 0 Å². The van der Waals surface area contributed by atoms with Crippen molar-refractivity contribution in [1.82, 2.24) is 0 Å². The zero-order chi connectivity index (χ0) is 13.6. The molecule has 1 rings (SSSR count). The monoisotopic (exact) mass is 254 g/mol. The number of carbonyl (C=O) groups excluding carboxylic acids is 1. The number of rotatable bonds is 5. The van der Waals surface area contributed by atoms with Gasteiger partial charge in [0.25, 0.3) is 0 Å². The third-order valence-electron chi connectivity index (χ3n) is 4.14. The molecule has 0 aromatic rings. The van der Waals surface area contributed by atoms with Gasteiger partial charge in [-0.1, -0.05) is 26.7 Å². The normalized spacial score (nSPS) is 19.9. The molecule has 1 aliphatic carbocycles. The van der Waals surface area contributed by atoms with E-state index in [2.05, 4.69) is 13.8 Å². The summed E-state index contributed by atoms with van der Waals surface area (Å²) in [6.45, 7) is 4.43. The van der Waals surface area contributed by atoms with Crippen LogP contribution in [0.3, 0.4) is 0 Å². The highest BCUT2D eigenvalue weighted by molar-refractivity contribution is 5.90. The molecule has 0 radical (unpaired) electrons. The van der Waals surface area contributed by atoms with Crippen molar-refractivity contribution in [3.8, 4) is 0 Å². The average Bonchev–Trinajstić information content (AvgIpc) is 2.38. The number of esters is 1. The van der Waals surface area contributed by atoms with Crippen molar-refractivity contribution in [3.05, 3.63) is 12.2 Å². The summed E-state index contributed by atoms with van der Waals surface area (Å²) >= 11 is 0. The molecule has 1 fully saturated rings. The van der Waals surface area contributed by atoms with Crippen molar-refractivity contribution in [3.63, 3.8) is 0 Å². The molecule has 0 aromatic heterocycles. The number of hydrogen-bond donors (Lipinski definition) is 1. The second-order valence-corrected chi connectivity index (χ2v) is 5.01. The maximum Gasteiger partial charge on any atom is 0.331 e. The van der Waals surface area contributed by atoms with Gasteiger partial charge in [-0.3, -0.25) is 0 Å². The van der Waals surface area contributed by atoms with E-state index in [1.165, 1.54) is 12.8 Å². The van der Waals surface area contributed by atoms with Crippen LogP contribution < -0.4 is 0 Å². The number of aliphatic carboxylic acids is 1. The average molecular weight is 254 g/mol. The van der Waals surface area contributed by atoms with Crippen molar-refractivity contribution < 1.29 is 19.4 Å². The van der Waals surface area contributed by atoms with Gasteiger partial charge in [0.2, 0.25) is 0 Å². The molecule has 18 heavy (non-hydrogen) atoms. The number of carboxylic acid groups (broad SMARTS) is 1. The van der Waals surface area contributed by atoms with E-state index >= 15 is 0 Å². The van der Waals surface area contributed by atoms with Gasteiger partial charge in [-0.05, 0) is 31.1 Å². The van der Waals surface area contributed by atoms with Crippen molar-refractivity contribution in [1.29, 1.82) is 0 Å². The quantitative estimate of drug-likeness (QED) is 0.605. The molecule has 0 bridgehead atoms. The summed E-state index contributed by atoms with van der Waals surface area (Å²) in [7, 11) is 0. The Kier molecular flexibility index (Phi) is 5.38. The van der Waals surface area contributed by atoms with Crippen molar-refractivity contribution >= 4 is 11.9 Å². The van der Waals surface area contributed by atoms with Gasteiger partial charge in [-0.25, -0.2) is 9.59 Å². The molecule has 0 amide bonds. The summed E-state index contributed by atoms with van der Waals surface area (Å²) in [5.74, 6) is -1.69. The molecular formula is C14H22O4.